The highest BCUT2D eigenvalue weighted by Crippen LogP contribution is 2.30. The van der Waals surface area contributed by atoms with Crippen LogP contribution in [0.1, 0.15) is 10.4 Å². The molecule has 1 heterocycles. The lowest BCUT2D eigenvalue weighted by Gasteiger charge is -2.09. The van der Waals surface area contributed by atoms with Crippen molar-refractivity contribution in [2.24, 2.45) is 0 Å². The Hall–Kier alpha value is -1.88. The second-order valence-electron chi connectivity index (χ2n) is 3.42. The summed E-state index contributed by atoms with van der Waals surface area (Å²) in [5.41, 5.74) is 7.11. The molecule has 0 saturated carbocycles. The fourth-order valence-corrected chi connectivity index (χ4v) is 2.03. The van der Waals surface area contributed by atoms with Gasteiger partial charge in [-0.05, 0) is 27.6 Å². The van der Waals surface area contributed by atoms with Crippen LogP contribution in [0, 0.1) is 0 Å². The van der Waals surface area contributed by atoms with Gasteiger partial charge < -0.3 is 10.8 Å². The number of aromatic nitrogens is 1. The Balaban J connectivity index is 2.72. The van der Waals surface area contributed by atoms with E-state index < -0.39 is 5.97 Å². The molecule has 0 fully saturated rings. The first-order valence-corrected chi connectivity index (χ1v) is 5.63. The van der Waals surface area contributed by atoms with Crippen LogP contribution in [0.15, 0.2) is 41.0 Å². The highest BCUT2D eigenvalue weighted by molar-refractivity contribution is 9.10. The number of halogens is 1. The van der Waals surface area contributed by atoms with Crippen LogP contribution in [0.25, 0.3) is 11.1 Å². The Morgan fingerprint density at radius 2 is 1.94 bits per heavy atom. The SMILES string of the molecule is Nc1nc(Br)cc(C(=O)O)c1-c1ccccc1. The molecule has 4 nitrogen and oxygen atoms in total. The Labute approximate surface area is 106 Å². The molecule has 5 heteroatoms. The van der Waals surface area contributed by atoms with Crippen LogP contribution in [0.3, 0.4) is 0 Å². The van der Waals surface area contributed by atoms with Crippen LogP contribution in [-0.4, -0.2) is 16.1 Å². The molecule has 0 amide bonds. The smallest absolute Gasteiger partial charge is 0.336 e. The molecule has 1 aromatic heterocycles. The molecule has 17 heavy (non-hydrogen) atoms. The van der Waals surface area contributed by atoms with E-state index in [2.05, 4.69) is 20.9 Å². The van der Waals surface area contributed by atoms with Crippen molar-refractivity contribution in [1.82, 2.24) is 4.98 Å². The fraction of sp³-hybridized carbons (Fsp3) is 0. The normalized spacial score (nSPS) is 10.2. The van der Waals surface area contributed by atoms with Crippen LogP contribution in [0.2, 0.25) is 0 Å². The van der Waals surface area contributed by atoms with E-state index in [1.807, 2.05) is 18.2 Å². The van der Waals surface area contributed by atoms with E-state index in [0.717, 1.165) is 5.56 Å². The molecule has 0 bridgehead atoms. The van der Waals surface area contributed by atoms with E-state index >= 15 is 0 Å². The Kier molecular flexibility index (Phi) is 3.10. The molecule has 0 atom stereocenters. The first kappa shape index (κ1) is 11.6. The van der Waals surface area contributed by atoms with Crippen molar-refractivity contribution in [1.29, 1.82) is 0 Å². The lowest BCUT2D eigenvalue weighted by atomic mass is 10.0. The minimum absolute atomic E-state index is 0.135. The molecule has 2 aromatic rings. The summed E-state index contributed by atoms with van der Waals surface area (Å²) in [5, 5.41) is 9.17. The summed E-state index contributed by atoms with van der Waals surface area (Å²) >= 11 is 3.13. The summed E-state index contributed by atoms with van der Waals surface area (Å²) in [5.74, 6) is -0.832. The predicted molar refractivity (Wildman–Crippen MR) is 68.7 cm³/mol. The molecule has 86 valence electrons. The second kappa shape index (κ2) is 4.55. The lowest BCUT2D eigenvalue weighted by molar-refractivity contribution is 0.0697. The van der Waals surface area contributed by atoms with Crippen molar-refractivity contribution >= 4 is 27.7 Å². The van der Waals surface area contributed by atoms with Gasteiger partial charge in [-0.2, -0.15) is 0 Å². The third-order valence-electron chi connectivity index (χ3n) is 2.31. The number of benzene rings is 1. The molecule has 0 aliphatic heterocycles. The minimum Gasteiger partial charge on any atom is -0.478 e. The van der Waals surface area contributed by atoms with Crippen molar-refractivity contribution in [3.63, 3.8) is 0 Å². The standard InChI is InChI=1S/C12H9BrN2O2/c13-9-6-8(12(16)17)10(11(14)15-9)7-4-2-1-3-5-7/h1-6H,(H2,14,15)(H,16,17). The zero-order valence-electron chi connectivity index (χ0n) is 8.72. The quantitative estimate of drug-likeness (QED) is 0.835. The number of anilines is 1. The molecule has 0 spiro atoms. The number of carboxylic acids is 1. The van der Waals surface area contributed by atoms with Crippen molar-refractivity contribution in [3.8, 4) is 11.1 Å². The van der Waals surface area contributed by atoms with Gasteiger partial charge in [-0.1, -0.05) is 30.3 Å². The number of nitrogens with two attached hydrogens (primary N) is 1. The summed E-state index contributed by atoms with van der Waals surface area (Å²) in [6.07, 6.45) is 0. The van der Waals surface area contributed by atoms with Gasteiger partial charge in [-0.25, -0.2) is 9.78 Å². The maximum absolute atomic E-state index is 11.2. The molecule has 0 aliphatic rings. The second-order valence-corrected chi connectivity index (χ2v) is 4.24. The highest BCUT2D eigenvalue weighted by atomic mass is 79.9. The summed E-state index contributed by atoms with van der Waals surface area (Å²) in [7, 11) is 0. The topological polar surface area (TPSA) is 76.2 Å². The highest BCUT2D eigenvalue weighted by Gasteiger charge is 2.16. The number of nitrogen functional groups attached to an aromatic ring is 1. The number of pyridine rings is 1. The van der Waals surface area contributed by atoms with Crippen molar-refractivity contribution < 1.29 is 9.90 Å². The average molecular weight is 293 g/mol. The molecule has 3 N–H and O–H groups in total. The Morgan fingerprint density at radius 1 is 1.29 bits per heavy atom. The van der Waals surface area contributed by atoms with Crippen molar-refractivity contribution in [2.75, 3.05) is 5.73 Å². The van der Waals surface area contributed by atoms with Gasteiger partial charge in [0.1, 0.15) is 10.4 Å². The van der Waals surface area contributed by atoms with Crippen LogP contribution >= 0.6 is 15.9 Å². The Bertz CT molecular complexity index is 570. The van der Waals surface area contributed by atoms with E-state index in [1.54, 1.807) is 12.1 Å². The summed E-state index contributed by atoms with van der Waals surface area (Å²) in [6.45, 7) is 0. The van der Waals surface area contributed by atoms with E-state index in [1.165, 1.54) is 6.07 Å². The van der Waals surface area contributed by atoms with Crippen molar-refractivity contribution in [3.05, 3.63) is 46.6 Å². The van der Waals surface area contributed by atoms with Gasteiger partial charge in [-0.15, -0.1) is 0 Å². The molecule has 0 saturated heterocycles. The molecule has 2 rings (SSSR count). The van der Waals surface area contributed by atoms with Gasteiger partial charge in [0.25, 0.3) is 0 Å². The number of carbonyl (C=O) groups is 1. The predicted octanol–water partition coefficient (Wildman–Crippen LogP) is 2.79. The molecular weight excluding hydrogens is 284 g/mol. The maximum atomic E-state index is 11.2. The van der Waals surface area contributed by atoms with Crippen molar-refractivity contribution in [2.45, 2.75) is 0 Å². The van der Waals surface area contributed by atoms with E-state index in [9.17, 15) is 9.90 Å². The monoisotopic (exact) mass is 292 g/mol. The van der Waals surface area contributed by atoms with Gasteiger partial charge in [0, 0.05) is 5.56 Å². The number of carboxylic acid groups (broad SMARTS) is 1. The van der Waals surface area contributed by atoms with E-state index in [4.69, 9.17) is 5.73 Å². The maximum Gasteiger partial charge on any atom is 0.336 e. The van der Waals surface area contributed by atoms with Gasteiger partial charge in [-0.3, -0.25) is 0 Å². The molecule has 1 aromatic carbocycles. The molecule has 0 unspecified atom stereocenters. The lowest BCUT2D eigenvalue weighted by Crippen LogP contribution is -2.05. The average Bonchev–Trinajstić information content (AvgIpc) is 2.29. The number of hydrogen-bond donors (Lipinski definition) is 2. The number of aromatic carboxylic acids is 1. The van der Waals surface area contributed by atoms with Gasteiger partial charge >= 0.3 is 5.97 Å². The summed E-state index contributed by atoms with van der Waals surface area (Å²) in [6, 6.07) is 10.5. The van der Waals surface area contributed by atoms with Gasteiger partial charge in [0.15, 0.2) is 0 Å². The molecule has 0 radical (unpaired) electrons. The molecule has 0 aliphatic carbocycles. The first-order chi connectivity index (χ1) is 8.09. The van der Waals surface area contributed by atoms with Gasteiger partial charge in [0.2, 0.25) is 0 Å². The largest absolute Gasteiger partial charge is 0.478 e. The Morgan fingerprint density at radius 3 is 2.53 bits per heavy atom. The number of nitrogens with zero attached hydrogens (tertiary/aromatic N) is 1. The zero-order chi connectivity index (χ0) is 12.4. The van der Waals surface area contributed by atoms with E-state index in [-0.39, 0.29) is 11.4 Å². The van der Waals surface area contributed by atoms with Crippen LogP contribution in [-0.2, 0) is 0 Å². The van der Waals surface area contributed by atoms with E-state index in [0.29, 0.717) is 10.2 Å². The third-order valence-corrected chi connectivity index (χ3v) is 2.72. The van der Waals surface area contributed by atoms with Crippen LogP contribution in [0.5, 0.6) is 0 Å². The first-order valence-electron chi connectivity index (χ1n) is 4.84. The molecular formula is C12H9BrN2O2. The van der Waals surface area contributed by atoms with Crippen LogP contribution in [0.4, 0.5) is 5.82 Å². The third kappa shape index (κ3) is 2.29. The van der Waals surface area contributed by atoms with Crippen LogP contribution < -0.4 is 5.73 Å². The summed E-state index contributed by atoms with van der Waals surface area (Å²) in [4.78, 5) is 15.2. The van der Waals surface area contributed by atoms with Gasteiger partial charge in [0.05, 0.1) is 5.56 Å². The minimum atomic E-state index is -1.03. The fourth-order valence-electron chi connectivity index (χ4n) is 1.61. The number of hydrogen-bond acceptors (Lipinski definition) is 3. The summed E-state index contributed by atoms with van der Waals surface area (Å²) < 4.78 is 0.409. The zero-order valence-corrected chi connectivity index (χ0v) is 10.3. The number of rotatable bonds is 2.